The summed E-state index contributed by atoms with van der Waals surface area (Å²) in [6.07, 6.45) is 8.93. The third kappa shape index (κ3) is 4.69. The highest BCUT2D eigenvalue weighted by Gasteiger charge is 1.97. The summed E-state index contributed by atoms with van der Waals surface area (Å²) >= 11 is 0. The first-order valence-electron chi connectivity index (χ1n) is 5.51. The largest absolute Gasteiger partial charge is 0.264 e. The van der Waals surface area contributed by atoms with Gasteiger partial charge in [0.05, 0.1) is 5.70 Å². The number of aryl methyl sites for hydroxylation is 1. The summed E-state index contributed by atoms with van der Waals surface area (Å²) in [4.78, 5) is 8.37. The van der Waals surface area contributed by atoms with Crippen LogP contribution in [0.3, 0.4) is 0 Å². The van der Waals surface area contributed by atoms with Gasteiger partial charge in [0, 0.05) is 24.2 Å². The minimum atomic E-state index is 0.918. The van der Waals surface area contributed by atoms with Crippen LogP contribution in [0, 0.1) is 6.92 Å². The van der Waals surface area contributed by atoms with Crippen molar-refractivity contribution in [3.63, 3.8) is 0 Å². The zero-order chi connectivity index (χ0) is 12.4. The van der Waals surface area contributed by atoms with E-state index in [1.165, 1.54) is 0 Å². The van der Waals surface area contributed by atoms with Crippen LogP contribution in [0.1, 0.15) is 31.9 Å². The van der Waals surface area contributed by atoms with E-state index in [4.69, 9.17) is 0 Å². The first-order chi connectivity index (χ1) is 7.77. The second kappa shape index (κ2) is 8.60. The molecule has 0 atom stereocenters. The lowest BCUT2D eigenvalue weighted by Crippen LogP contribution is -1.85. The van der Waals surface area contributed by atoms with Gasteiger partial charge in [-0.05, 0) is 25.5 Å². The van der Waals surface area contributed by atoms with Crippen LogP contribution in [-0.4, -0.2) is 11.2 Å². The van der Waals surface area contributed by atoms with E-state index in [-0.39, 0.29) is 0 Å². The Morgan fingerprint density at radius 3 is 2.56 bits per heavy atom. The standard InChI is InChI=1S/C12H14N2.C2H6/c1-4-6-14-12(5-2)11-7-10(3)8-13-9-11;1-2/h4-9H,1H2,2-3H3;1-2H3/b12-5-,14-6?;. The summed E-state index contributed by atoms with van der Waals surface area (Å²) in [5.41, 5.74) is 3.09. The first kappa shape index (κ1) is 14.3. The second-order valence-electron chi connectivity index (χ2n) is 2.94. The molecule has 16 heavy (non-hydrogen) atoms. The Bertz CT molecular complexity index is 376. The minimum absolute atomic E-state index is 0.918. The summed E-state index contributed by atoms with van der Waals surface area (Å²) in [5.74, 6) is 0. The van der Waals surface area contributed by atoms with Crippen molar-refractivity contribution < 1.29 is 0 Å². The Morgan fingerprint density at radius 2 is 2.06 bits per heavy atom. The monoisotopic (exact) mass is 216 g/mol. The summed E-state index contributed by atoms with van der Waals surface area (Å²) in [7, 11) is 0. The molecule has 0 aliphatic rings. The van der Waals surface area contributed by atoms with E-state index < -0.39 is 0 Å². The van der Waals surface area contributed by atoms with Gasteiger partial charge in [0.25, 0.3) is 0 Å². The molecule has 0 N–H and O–H groups in total. The van der Waals surface area contributed by atoms with Crippen LogP contribution in [0.15, 0.2) is 42.2 Å². The van der Waals surface area contributed by atoms with Crippen molar-refractivity contribution in [3.8, 4) is 0 Å². The molecule has 2 heteroatoms. The predicted octanol–water partition coefficient (Wildman–Crippen LogP) is 4.03. The number of hydrogen-bond donors (Lipinski definition) is 0. The SMILES string of the molecule is C=CC=N/C(=C\C)c1cncc(C)c1.CC. The van der Waals surface area contributed by atoms with Gasteiger partial charge in [-0.1, -0.05) is 32.6 Å². The van der Waals surface area contributed by atoms with E-state index in [2.05, 4.69) is 22.6 Å². The lowest BCUT2D eigenvalue weighted by molar-refractivity contribution is 1.24. The quantitative estimate of drug-likeness (QED) is 0.700. The van der Waals surface area contributed by atoms with Gasteiger partial charge in [0.15, 0.2) is 0 Å². The van der Waals surface area contributed by atoms with Gasteiger partial charge >= 0.3 is 0 Å². The summed E-state index contributed by atoms with van der Waals surface area (Å²) < 4.78 is 0. The van der Waals surface area contributed by atoms with Gasteiger partial charge in [-0.2, -0.15) is 0 Å². The van der Waals surface area contributed by atoms with E-state index in [1.54, 1.807) is 12.3 Å². The van der Waals surface area contributed by atoms with E-state index in [0.29, 0.717) is 0 Å². The molecule has 1 rings (SSSR count). The van der Waals surface area contributed by atoms with Crippen LogP contribution in [0.25, 0.3) is 5.70 Å². The molecule has 0 bridgehead atoms. The normalized spacial score (nSPS) is 10.9. The van der Waals surface area contributed by atoms with Crippen molar-refractivity contribution in [3.05, 3.63) is 48.3 Å². The Morgan fingerprint density at radius 1 is 1.38 bits per heavy atom. The molecule has 0 fully saturated rings. The van der Waals surface area contributed by atoms with Crippen molar-refractivity contribution >= 4 is 11.9 Å². The number of aromatic nitrogens is 1. The van der Waals surface area contributed by atoms with E-state index in [0.717, 1.165) is 16.8 Å². The third-order valence-corrected chi connectivity index (χ3v) is 1.76. The maximum absolute atomic E-state index is 4.25. The molecule has 2 nitrogen and oxygen atoms in total. The highest BCUT2D eigenvalue weighted by molar-refractivity contribution is 5.79. The van der Waals surface area contributed by atoms with Crippen LogP contribution in [0.4, 0.5) is 0 Å². The number of hydrogen-bond acceptors (Lipinski definition) is 2. The van der Waals surface area contributed by atoms with Crippen molar-refractivity contribution in [1.29, 1.82) is 0 Å². The fourth-order valence-electron chi connectivity index (χ4n) is 1.14. The zero-order valence-electron chi connectivity index (χ0n) is 10.6. The van der Waals surface area contributed by atoms with Crippen molar-refractivity contribution in [1.82, 2.24) is 4.98 Å². The van der Waals surface area contributed by atoms with Crippen LogP contribution in [-0.2, 0) is 0 Å². The summed E-state index contributed by atoms with van der Waals surface area (Å²) in [6, 6.07) is 2.06. The molecule has 1 aromatic heterocycles. The first-order valence-corrected chi connectivity index (χ1v) is 5.51. The number of nitrogens with zero attached hydrogens (tertiary/aromatic N) is 2. The van der Waals surface area contributed by atoms with Gasteiger partial charge in [-0.25, -0.2) is 0 Å². The lowest BCUT2D eigenvalue weighted by atomic mass is 10.1. The highest BCUT2D eigenvalue weighted by Crippen LogP contribution is 2.15. The number of pyridine rings is 1. The molecule has 0 amide bonds. The average molecular weight is 216 g/mol. The van der Waals surface area contributed by atoms with Crippen LogP contribution in [0.2, 0.25) is 0 Å². The van der Waals surface area contributed by atoms with Crippen LogP contribution in [0.5, 0.6) is 0 Å². The molecular weight excluding hydrogens is 196 g/mol. The molecule has 0 aliphatic carbocycles. The maximum Gasteiger partial charge on any atom is 0.0674 e. The van der Waals surface area contributed by atoms with Crippen molar-refractivity contribution in [2.75, 3.05) is 0 Å². The Hall–Kier alpha value is -1.70. The molecule has 0 spiro atoms. The molecule has 0 radical (unpaired) electrons. The van der Waals surface area contributed by atoms with Gasteiger partial charge in [-0.15, -0.1) is 0 Å². The number of rotatable bonds is 3. The van der Waals surface area contributed by atoms with E-state index in [1.807, 2.05) is 46.2 Å². The molecular formula is C14H20N2. The molecule has 0 saturated carbocycles. The predicted molar refractivity (Wildman–Crippen MR) is 72.7 cm³/mol. The molecule has 0 unspecified atom stereocenters. The smallest absolute Gasteiger partial charge is 0.0674 e. The van der Waals surface area contributed by atoms with Gasteiger partial charge in [0.1, 0.15) is 0 Å². The van der Waals surface area contributed by atoms with E-state index in [9.17, 15) is 0 Å². The maximum atomic E-state index is 4.25. The highest BCUT2D eigenvalue weighted by atomic mass is 14.7. The average Bonchev–Trinajstić information content (AvgIpc) is 2.33. The number of aliphatic imine (C=N–C) groups is 1. The molecule has 0 saturated heterocycles. The molecule has 0 aromatic carbocycles. The van der Waals surface area contributed by atoms with Gasteiger partial charge < -0.3 is 0 Å². The Balaban J connectivity index is 0.00000106. The Labute approximate surface area is 98.5 Å². The fraction of sp³-hybridized carbons (Fsp3) is 0.286. The topological polar surface area (TPSA) is 25.2 Å². The molecule has 86 valence electrons. The molecule has 1 aromatic rings. The fourth-order valence-corrected chi connectivity index (χ4v) is 1.14. The van der Waals surface area contributed by atoms with Gasteiger partial charge in [0.2, 0.25) is 0 Å². The second-order valence-corrected chi connectivity index (χ2v) is 2.94. The Kier molecular flexibility index (Phi) is 7.68. The van der Waals surface area contributed by atoms with E-state index >= 15 is 0 Å². The van der Waals surface area contributed by atoms with Crippen LogP contribution < -0.4 is 0 Å². The van der Waals surface area contributed by atoms with Gasteiger partial charge in [-0.3, -0.25) is 9.98 Å². The summed E-state index contributed by atoms with van der Waals surface area (Å²) in [6.45, 7) is 11.6. The van der Waals surface area contributed by atoms with Crippen molar-refractivity contribution in [2.24, 2.45) is 4.99 Å². The molecule has 1 heterocycles. The number of allylic oxidation sites excluding steroid dienone is 2. The minimum Gasteiger partial charge on any atom is -0.264 e. The summed E-state index contributed by atoms with van der Waals surface area (Å²) in [5, 5.41) is 0. The van der Waals surface area contributed by atoms with Crippen LogP contribution >= 0.6 is 0 Å². The third-order valence-electron chi connectivity index (χ3n) is 1.76. The van der Waals surface area contributed by atoms with Crippen molar-refractivity contribution in [2.45, 2.75) is 27.7 Å². The lowest BCUT2D eigenvalue weighted by Gasteiger charge is -2.01. The zero-order valence-corrected chi connectivity index (χ0v) is 10.6. The molecule has 0 aliphatic heterocycles.